The van der Waals surface area contributed by atoms with Gasteiger partial charge in [0.2, 0.25) is 5.84 Å². The van der Waals surface area contributed by atoms with Crippen molar-refractivity contribution in [3.8, 4) is 0 Å². The van der Waals surface area contributed by atoms with Gasteiger partial charge < -0.3 is 12.4 Å². The highest BCUT2D eigenvalue weighted by Gasteiger charge is 1.93. The molecule has 0 bridgehead atoms. The molecule has 0 aromatic heterocycles. The van der Waals surface area contributed by atoms with Crippen molar-refractivity contribution in [2.45, 2.75) is 20.3 Å². The number of nitrogens with two attached hydrogens (primary N) is 1. The van der Waals surface area contributed by atoms with Crippen LogP contribution in [-0.4, -0.2) is 5.84 Å². The minimum atomic E-state index is 0. The fourth-order valence-corrected chi connectivity index (χ4v) is 0.435. The van der Waals surface area contributed by atoms with Crippen LogP contribution in [0, 0.1) is 0 Å². The van der Waals surface area contributed by atoms with Crippen LogP contribution in [0.1, 0.15) is 20.3 Å². The van der Waals surface area contributed by atoms with Gasteiger partial charge in [-0.05, 0) is 24.6 Å². The number of allylic oxidation sites excluding steroid dienone is 1. The maximum Gasteiger partial charge on any atom is 0.245 e. The van der Waals surface area contributed by atoms with Gasteiger partial charge >= 0.3 is 0 Å². The summed E-state index contributed by atoms with van der Waals surface area (Å²) in [6.07, 6.45) is 2.55. The SMILES string of the molecule is C/C=C(Cl)/[NH+]=C(/N)CC.[Cl-]. The van der Waals surface area contributed by atoms with E-state index in [0.717, 1.165) is 6.42 Å². The Hall–Kier alpha value is -0.210. The Morgan fingerprint density at radius 3 is 2.50 bits per heavy atom. The molecule has 0 amide bonds. The summed E-state index contributed by atoms with van der Waals surface area (Å²) in [4.78, 5) is 2.80. The van der Waals surface area contributed by atoms with Crippen LogP contribution in [0.2, 0.25) is 0 Å². The molecular formula is C6H12Cl2N2. The molecule has 0 heterocycles. The van der Waals surface area contributed by atoms with Crippen LogP contribution in [0.15, 0.2) is 11.2 Å². The van der Waals surface area contributed by atoms with E-state index in [1.165, 1.54) is 0 Å². The summed E-state index contributed by atoms with van der Waals surface area (Å²) in [6, 6.07) is 0. The van der Waals surface area contributed by atoms with E-state index in [9.17, 15) is 0 Å². The first-order chi connectivity index (χ1) is 4.20. The number of nitrogens with one attached hydrogen (secondary N) is 1. The number of hydrogen-bond acceptors (Lipinski definition) is 0. The lowest BCUT2D eigenvalue weighted by Gasteiger charge is -1.85. The molecule has 0 aromatic carbocycles. The minimum Gasteiger partial charge on any atom is -1.00 e. The van der Waals surface area contributed by atoms with Crippen molar-refractivity contribution in [2.24, 2.45) is 5.73 Å². The summed E-state index contributed by atoms with van der Waals surface area (Å²) in [6.45, 7) is 3.81. The predicted octanol–water partition coefficient (Wildman–Crippen LogP) is -3.06. The maximum atomic E-state index is 5.59. The zero-order valence-corrected chi connectivity index (χ0v) is 7.63. The molecule has 4 heteroatoms. The van der Waals surface area contributed by atoms with Crippen LogP contribution in [0.5, 0.6) is 0 Å². The van der Waals surface area contributed by atoms with Gasteiger partial charge in [0.05, 0.1) is 0 Å². The first-order valence-corrected chi connectivity index (χ1v) is 3.28. The lowest BCUT2D eigenvalue weighted by Crippen LogP contribution is -3.00. The molecule has 0 rings (SSSR count). The Morgan fingerprint density at radius 2 is 2.20 bits per heavy atom. The molecule has 3 N–H and O–H groups in total. The molecule has 0 spiro atoms. The summed E-state index contributed by atoms with van der Waals surface area (Å²) >= 11 is 5.59. The fraction of sp³-hybridized carbons (Fsp3) is 0.500. The monoisotopic (exact) mass is 182 g/mol. The van der Waals surface area contributed by atoms with E-state index in [1.807, 2.05) is 13.8 Å². The molecule has 0 saturated carbocycles. The van der Waals surface area contributed by atoms with Gasteiger partial charge in [-0.25, -0.2) is 4.99 Å². The molecule has 0 fully saturated rings. The average molecular weight is 183 g/mol. The Kier molecular flexibility index (Phi) is 8.61. The smallest absolute Gasteiger partial charge is 0.245 e. The molecule has 0 aromatic rings. The zero-order valence-electron chi connectivity index (χ0n) is 6.12. The molecule has 0 unspecified atom stereocenters. The van der Waals surface area contributed by atoms with Crippen LogP contribution >= 0.6 is 11.6 Å². The molecule has 0 aliphatic carbocycles. The summed E-state index contributed by atoms with van der Waals surface area (Å²) in [5.74, 6) is 0.693. The first-order valence-electron chi connectivity index (χ1n) is 2.90. The van der Waals surface area contributed by atoms with Gasteiger partial charge in [-0.3, -0.25) is 5.73 Å². The van der Waals surface area contributed by atoms with Crippen LogP contribution in [0.3, 0.4) is 0 Å². The van der Waals surface area contributed by atoms with Crippen molar-refractivity contribution in [2.75, 3.05) is 0 Å². The lowest BCUT2D eigenvalue weighted by molar-refractivity contribution is -0.386. The predicted molar refractivity (Wildman–Crippen MR) is 40.1 cm³/mol. The largest absolute Gasteiger partial charge is 1.00 e. The quantitative estimate of drug-likeness (QED) is 0.266. The van der Waals surface area contributed by atoms with Crippen molar-refractivity contribution in [3.05, 3.63) is 11.2 Å². The van der Waals surface area contributed by atoms with Crippen LogP contribution in [0.25, 0.3) is 0 Å². The highest BCUT2D eigenvalue weighted by Crippen LogP contribution is 1.82. The normalized spacial score (nSPS) is 12.7. The standard InChI is InChI=1S/C6H11ClN2.ClH/c1-3-5(7)9-6(8)4-2;/h3H,4H2,1-2H3,(H2,8,9);1H/b5-3+;. The molecule has 0 saturated heterocycles. The lowest BCUT2D eigenvalue weighted by atomic mass is 10.4. The van der Waals surface area contributed by atoms with Gasteiger partial charge in [0.25, 0.3) is 0 Å². The van der Waals surface area contributed by atoms with Crippen LogP contribution < -0.4 is 23.1 Å². The second-order valence-corrected chi connectivity index (χ2v) is 2.05. The topological polar surface area (TPSA) is 40.0 Å². The Labute approximate surface area is 72.6 Å². The van der Waals surface area contributed by atoms with Crippen LogP contribution in [-0.2, 0) is 0 Å². The summed E-state index contributed by atoms with van der Waals surface area (Å²) < 4.78 is 0. The van der Waals surface area contributed by atoms with Gasteiger partial charge in [0, 0.05) is 6.42 Å². The zero-order chi connectivity index (χ0) is 7.28. The number of amidine groups is 1. The molecule has 10 heavy (non-hydrogen) atoms. The number of rotatable bonds is 2. The van der Waals surface area contributed by atoms with E-state index in [0.29, 0.717) is 11.0 Å². The number of hydrogen-bond donors (Lipinski definition) is 2. The highest BCUT2D eigenvalue weighted by molar-refractivity contribution is 6.27. The van der Waals surface area contributed by atoms with Crippen molar-refractivity contribution in [1.29, 1.82) is 0 Å². The molecule has 0 aliphatic rings. The Bertz CT molecular complexity index is 141. The van der Waals surface area contributed by atoms with Crippen molar-refractivity contribution < 1.29 is 17.4 Å². The van der Waals surface area contributed by atoms with Crippen LogP contribution in [0.4, 0.5) is 0 Å². The van der Waals surface area contributed by atoms with E-state index in [-0.39, 0.29) is 12.4 Å². The second kappa shape index (κ2) is 6.90. The van der Waals surface area contributed by atoms with Crippen molar-refractivity contribution in [1.82, 2.24) is 0 Å². The molecule has 0 aliphatic heterocycles. The van der Waals surface area contributed by atoms with Gasteiger partial charge in [0.15, 0.2) is 5.16 Å². The summed E-state index contributed by atoms with van der Waals surface area (Å²) in [5, 5.41) is 0.578. The molecular weight excluding hydrogens is 171 g/mol. The highest BCUT2D eigenvalue weighted by atomic mass is 35.5. The van der Waals surface area contributed by atoms with Gasteiger partial charge in [-0.15, -0.1) is 0 Å². The van der Waals surface area contributed by atoms with E-state index in [1.54, 1.807) is 6.08 Å². The molecule has 0 radical (unpaired) electrons. The fourth-order valence-electron chi connectivity index (χ4n) is 0.314. The second-order valence-electron chi connectivity index (χ2n) is 1.64. The average Bonchev–Trinajstić information content (AvgIpc) is 1.87. The van der Waals surface area contributed by atoms with Gasteiger partial charge in [-0.1, -0.05) is 6.92 Å². The first kappa shape index (κ1) is 12.5. The molecule has 60 valence electrons. The Morgan fingerprint density at radius 1 is 1.70 bits per heavy atom. The van der Waals surface area contributed by atoms with E-state index in [4.69, 9.17) is 17.3 Å². The molecule has 0 atom stereocenters. The minimum absolute atomic E-state index is 0. The maximum absolute atomic E-state index is 5.59. The summed E-state index contributed by atoms with van der Waals surface area (Å²) in [5.41, 5.74) is 5.43. The van der Waals surface area contributed by atoms with Gasteiger partial charge in [-0.2, -0.15) is 0 Å². The third kappa shape index (κ3) is 5.92. The third-order valence-corrected chi connectivity index (χ3v) is 1.23. The van der Waals surface area contributed by atoms with Gasteiger partial charge in [0.1, 0.15) is 0 Å². The van der Waals surface area contributed by atoms with Crippen molar-refractivity contribution >= 4 is 17.4 Å². The van der Waals surface area contributed by atoms with E-state index >= 15 is 0 Å². The third-order valence-electron chi connectivity index (χ3n) is 0.914. The molecule has 2 nitrogen and oxygen atoms in total. The number of halogens is 2. The van der Waals surface area contributed by atoms with E-state index < -0.39 is 0 Å². The van der Waals surface area contributed by atoms with Crippen molar-refractivity contribution in [3.63, 3.8) is 0 Å². The summed E-state index contributed by atoms with van der Waals surface area (Å²) in [7, 11) is 0. The Balaban J connectivity index is 0. The van der Waals surface area contributed by atoms with E-state index in [2.05, 4.69) is 4.99 Å².